The molecule has 0 aliphatic rings. The van der Waals surface area contributed by atoms with E-state index < -0.39 is 10.0 Å². The summed E-state index contributed by atoms with van der Waals surface area (Å²) in [5, 5.41) is 0.562. The third-order valence-corrected chi connectivity index (χ3v) is 6.25. The van der Waals surface area contributed by atoms with Crippen LogP contribution in [0.3, 0.4) is 0 Å². The second kappa shape index (κ2) is 6.48. The number of hydrogen-bond acceptors (Lipinski definition) is 2. The van der Waals surface area contributed by atoms with Gasteiger partial charge in [0.25, 0.3) is 0 Å². The molecule has 0 saturated carbocycles. The van der Waals surface area contributed by atoms with E-state index in [9.17, 15) is 8.42 Å². The van der Waals surface area contributed by atoms with Crippen molar-refractivity contribution in [2.45, 2.75) is 18.4 Å². The maximum atomic E-state index is 12.6. The molecule has 0 N–H and O–H groups in total. The monoisotopic (exact) mass is 387 g/mol. The Balaban J connectivity index is 2.30. The predicted molar refractivity (Wildman–Crippen MR) is 89.0 cm³/mol. The van der Waals surface area contributed by atoms with Crippen LogP contribution in [-0.4, -0.2) is 19.8 Å². The van der Waals surface area contributed by atoms with Crippen LogP contribution in [0.1, 0.15) is 11.1 Å². The van der Waals surface area contributed by atoms with E-state index in [1.807, 2.05) is 25.1 Å². The van der Waals surface area contributed by atoms with Gasteiger partial charge < -0.3 is 0 Å². The first-order valence-electron chi connectivity index (χ1n) is 6.28. The van der Waals surface area contributed by atoms with E-state index in [2.05, 4.69) is 15.9 Å². The van der Waals surface area contributed by atoms with Gasteiger partial charge in [0.05, 0.1) is 4.90 Å². The Morgan fingerprint density at radius 1 is 1.19 bits per heavy atom. The molecule has 2 aromatic carbocycles. The van der Waals surface area contributed by atoms with Crippen molar-refractivity contribution in [3.05, 3.63) is 63.1 Å². The maximum absolute atomic E-state index is 12.6. The molecule has 0 spiro atoms. The van der Waals surface area contributed by atoms with Gasteiger partial charge in [-0.05, 0) is 42.3 Å². The lowest BCUT2D eigenvalue weighted by Gasteiger charge is -2.18. The Bertz CT molecular complexity index is 762. The molecule has 0 bridgehead atoms. The zero-order valence-electron chi connectivity index (χ0n) is 11.7. The lowest BCUT2D eigenvalue weighted by molar-refractivity contribution is 0.466. The van der Waals surface area contributed by atoms with Crippen molar-refractivity contribution < 1.29 is 8.42 Å². The molecule has 0 atom stereocenters. The molecule has 6 heteroatoms. The first-order chi connectivity index (χ1) is 9.82. The summed E-state index contributed by atoms with van der Waals surface area (Å²) < 4.78 is 27.3. The SMILES string of the molecule is Cc1cc(S(=O)(=O)N(C)Cc2ccccc2Cl)ccc1Br. The molecule has 0 aliphatic heterocycles. The summed E-state index contributed by atoms with van der Waals surface area (Å²) in [5.74, 6) is 0. The molecule has 3 nitrogen and oxygen atoms in total. The molecule has 0 unspecified atom stereocenters. The highest BCUT2D eigenvalue weighted by Crippen LogP contribution is 2.24. The minimum atomic E-state index is -3.54. The zero-order valence-corrected chi connectivity index (χ0v) is 14.8. The topological polar surface area (TPSA) is 37.4 Å². The van der Waals surface area contributed by atoms with Crippen molar-refractivity contribution in [2.24, 2.45) is 0 Å². The van der Waals surface area contributed by atoms with Crippen molar-refractivity contribution in [1.82, 2.24) is 4.31 Å². The van der Waals surface area contributed by atoms with Crippen LogP contribution >= 0.6 is 27.5 Å². The van der Waals surface area contributed by atoms with Crippen molar-refractivity contribution in [2.75, 3.05) is 7.05 Å². The first-order valence-corrected chi connectivity index (χ1v) is 8.89. The Hall–Kier alpha value is -0.880. The van der Waals surface area contributed by atoms with Crippen molar-refractivity contribution >= 4 is 37.6 Å². The Morgan fingerprint density at radius 3 is 2.48 bits per heavy atom. The normalized spacial score (nSPS) is 11.9. The van der Waals surface area contributed by atoms with E-state index in [1.165, 1.54) is 4.31 Å². The van der Waals surface area contributed by atoms with Gasteiger partial charge in [-0.2, -0.15) is 4.31 Å². The van der Waals surface area contributed by atoms with Gasteiger partial charge in [0.2, 0.25) is 10.0 Å². The summed E-state index contributed by atoms with van der Waals surface area (Å²) in [5.41, 5.74) is 1.65. The third-order valence-electron chi connectivity index (χ3n) is 3.19. The Morgan fingerprint density at radius 2 is 1.86 bits per heavy atom. The fraction of sp³-hybridized carbons (Fsp3) is 0.200. The zero-order chi connectivity index (χ0) is 15.6. The standard InChI is InChI=1S/C15H15BrClNO2S/c1-11-9-13(7-8-14(11)16)21(19,20)18(2)10-12-5-3-4-6-15(12)17/h3-9H,10H2,1-2H3. The van der Waals surface area contributed by atoms with Crippen LogP contribution in [-0.2, 0) is 16.6 Å². The fourth-order valence-corrected chi connectivity index (χ4v) is 3.59. The molecule has 0 saturated heterocycles. The highest BCUT2D eigenvalue weighted by molar-refractivity contribution is 9.10. The van der Waals surface area contributed by atoms with E-state index in [-0.39, 0.29) is 11.4 Å². The summed E-state index contributed by atoms with van der Waals surface area (Å²) in [7, 11) is -1.99. The number of aryl methyl sites for hydroxylation is 1. The molecule has 2 rings (SSSR count). The van der Waals surface area contributed by atoms with Crippen molar-refractivity contribution in [1.29, 1.82) is 0 Å². The van der Waals surface area contributed by atoms with Gasteiger partial charge in [-0.15, -0.1) is 0 Å². The first kappa shape index (κ1) is 16.5. The molecule has 2 aromatic rings. The summed E-state index contributed by atoms with van der Waals surface area (Å²) in [6, 6.07) is 12.2. The number of nitrogens with zero attached hydrogens (tertiary/aromatic N) is 1. The lowest BCUT2D eigenvalue weighted by Crippen LogP contribution is -2.26. The number of rotatable bonds is 4. The molecule has 0 amide bonds. The van der Waals surface area contributed by atoms with Crippen LogP contribution in [0.2, 0.25) is 5.02 Å². The molecular weight excluding hydrogens is 374 g/mol. The Labute approximate surface area is 138 Å². The van der Waals surface area contributed by atoms with Gasteiger partial charge in [-0.1, -0.05) is 45.7 Å². The van der Waals surface area contributed by atoms with Gasteiger partial charge in [0.15, 0.2) is 0 Å². The average Bonchev–Trinajstić information content (AvgIpc) is 2.44. The van der Waals surface area contributed by atoms with Crippen LogP contribution in [0, 0.1) is 6.92 Å². The molecule has 0 aliphatic carbocycles. The predicted octanol–water partition coefficient (Wildman–Crippen LogP) is 4.23. The van der Waals surface area contributed by atoms with Crippen LogP contribution in [0.5, 0.6) is 0 Å². The van der Waals surface area contributed by atoms with Gasteiger partial charge in [0.1, 0.15) is 0 Å². The van der Waals surface area contributed by atoms with E-state index in [0.717, 1.165) is 15.6 Å². The van der Waals surface area contributed by atoms with Gasteiger partial charge >= 0.3 is 0 Å². The van der Waals surface area contributed by atoms with Crippen molar-refractivity contribution in [3.63, 3.8) is 0 Å². The molecule has 0 radical (unpaired) electrons. The quantitative estimate of drug-likeness (QED) is 0.786. The van der Waals surface area contributed by atoms with Gasteiger partial charge in [0, 0.05) is 23.1 Å². The molecule has 112 valence electrons. The van der Waals surface area contributed by atoms with Crippen LogP contribution in [0.25, 0.3) is 0 Å². The largest absolute Gasteiger partial charge is 0.243 e. The second-order valence-electron chi connectivity index (χ2n) is 4.76. The highest BCUT2D eigenvalue weighted by Gasteiger charge is 2.22. The summed E-state index contributed by atoms with van der Waals surface area (Å²) >= 11 is 9.45. The number of hydrogen-bond donors (Lipinski definition) is 0. The Kier molecular flexibility index (Phi) is 5.09. The second-order valence-corrected chi connectivity index (χ2v) is 8.07. The summed E-state index contributed by atoms with van der Waals surface area (Å²) in [6.45, 7) is 2.09. The van der Waals surface area contributed by atoms with E-state index in [4.69, 9.17) is 11.6 Å². The smallest absolute Gasteiger partial charge is 0.207 e. The minimum absolute atomic E-state index is 0.233. The highest BCUT2D eigenvalue weighted by atomic mass is 79.9. The van der Waals surface area contributed by atoms with E-state index in [0.29, 0.717) is 5.02 Å². The van der Waals surface area contributed by atoms with Crippen LogP contribution in [0.15, 0.2) is 51.8 Å². The lowest BCUT2D eigenvalue weighted by atomic mass is 10.2. The maximum Gasteiger partial charge on any atom is 0.243 e. The molecular formula is C15H15BrClNO2S. The third kappa shape index (κ3) is 3.66. The fourth-order valence-electron chi connectivity index (χ4n) is 1.91. The average molecular weight is 389 g/mol. The van der Waals surface area contributed by atoms with Gasteiger partial charge in [-0.3, -0.25) is 0 Å². The molecule has 0 heterocycles. The van der Waals surface area contributed by atoms with Crippen LogP contribution < -0.4 is 0 Å². The van der Waals surface area contributed by atoms with Crippen LogP contribution in [0.4, 0.5) is 0 Å². The van der Waals surface area contributed by atoms with E-state index >= 15 is 0 Å². The molecule has 0 aromatic heterocycles. The molecule has 0 fully saturated rings. The number of benzene rings is 2. The summed E-state index contributed by atoms with van der Waals surface area (Å²) in [4.78, 5) is 0.276. The minimum Gasteiger partial charge on any atom is -0.207 e. The molecule has 21 heavy (non-hydrogen) atoms. The van der Waals surface area contributed by atoms with Crippen molar-refractivity contribution in [3.8, 4) is 0 Å². The number of halogens is 2. The van der Waals surface area contributed by atoms with Gasteiger partial charge in [-0.25, -0.2) is 8.42 Å². The van der Waals surface area contributed by atoms with E-state index in [1.54, 1.807) is 31.3 Å². The number of sulfonamides is 1. The summed E-state index contributed by atoms with van der Waals surface area (Å²) in [6.07, 6.45) is 0.